The van der Waals surface area contributed by atoms with Crippen molar-refractivity contribution in [1.82, 2.24) is 9.38 Å². The number of rotatable bonds is 6. The van der Waals surface area contributed by atoms with Gasteiger partial charge in [0, 0.05) is 19.0 Å². The van der Waals surface area contributed by atoms with E-state index < -0.39 is 5.97 Å². The summed E-state index contributed by atoms with van der Waals surface area (Å²) in [6, 6.07) is 10.5. The average Bonchev–Trinajstić information content (AvgIpc) is 3.34. The van der Waals surface area contributed by atoms with Gasteiger partial charge in [-0.2, -0.15) is 0 Å². The van der Waals surface area contributed by atoms with Crippen LogP contribution in [0.3, 0.4) is 0 Å². The number of carbonyl (C=O) groups is 1. The number of halogens is 1. The highest BCUT2D eigenvalue weighted by Gasteiger charge is 2.16. The fourth-order valence-corrected chi connectivity index (χ4v) is 3.13. The zero-order chi connectivity index (χ0) is 18.6. The van der Waals surface area contributed by atoms with Crippen molar-refractivity contribution in [3.63, 3.8) is 0 Å². The van der Waals surface area contributed by atoms with Crippen molar-refractivity contribution >= 4 is 23.2 Å². The Labute approximate surface area is 161 Å². The predicted octanol–water partition coefficient (Wildman–Crippen LogP) is 3.90. The smallest absolute Gasteiger partial charge is 0.338 e. The maximum atomic E-state index is 12.2. The van der Waals surface area contributed by atoms with Crippen LogP contribution in [0.5, 0.6) is 5.75 Å². The second-order valence-electron chi connectivity index (χ2n) is 6.39. The molecule has 0 N–H and O–H groups in total. The van der Waals surface area contributed by atoms with E-state index in [1.54, 1.807) is 47.1 Å². The van der Waals surface area contributed by atoms with Gasteiger partial charge in [-0.25, -0.2) is 9.78 Å². The molecule has 140 valence electrons. The lowest BCUT2D eigenvalue weighted by molar-refractivity contribution is 0.0468. The van der Waals surface area contributed by atoms with Crippen LogP contribution in [0, 0.1) is 0 Å². The van der Waals surface area contributed by atoms with Crippen molar-refractivity contribution in [2.24, 2.45) is 0 Å². The minimum Gasteiger partial charge on any atom is -0.491 e. The van der Waals surface area contributed by atoms with Gasteiger partial charge in [-0.15, -0.1) is 0 Å². The second kappa shape index (κ2) is 7.98. The molecule has 6 nitrogen and oxygen atoms in total. The van der Waals surface area contributed by atoms with Crippen molar-refractivity contribution < 1.29 is 19.0 Å². The van der Waals surface area contributed by atoms with Crippen LogP contribution >= 0.6 is 11.6 Å². The normalized spacial score (nSPS) is 16.6. The van der Waals surface area contributed by atoms with E-state index in [0.29, 0.717) is 28.6 Å². The molecule has 0 amide bonds. The van der Waals surface area contributed by atoms with Gasteiger partial charge in [0.2, 0.25) is 0 Å². The molecular weight excluding hydrogens is 368 g/mol. The van der Waals surface area contributed by atoms with E-state index in [1.807, 2.05) is 6.07 Å². The lowest BCUT2D eigenvalue weighted by atomic mass is 10.2. The standard InChI is InChI=1S/C20H19ClN2O4/c21-15-5-8-19-22-16(11-23(19)10-15)12-27-20(24)14-3-6-17(7-4-14)26-13-18-2-1-9-25-18/h3-8,10-11,18H,1-2,9,12-13H2/t18-/m1/s1. The van der Waals surface area contributed by atoms with Gasteiger partial charge in [-0.3, -0.25) is 0 Å². The second-order valence-corrected chi connectivity index (χ2v) is 6.83. The third-order valence-corrected chi connectivity index (χ3v) is 4.59. The first-order chi connectivity index (χ1) is 13.2. The summed E-state index contributed by atoms with van der Waals surface area (Å²) in [6.45, 7) is 1.43. The van der Waals surface area contributed by atoms with Gasteiger partial charge in [-0.1, -0.05) is 11.6 Å². The summed E-state index contributed by atoms with van der Waals surface area (Å²) in [4.78, 5) is 16.6. The molecule has 0 bridgehead atoms. The van der Waals surface area contributed by atoms with Gasteiger partial charge in [-0.05, 0) is 49.2 Å². The van der Waals surface area contributed by atoms with Crippen molar-refractivity contribution in [1.29, 1.82) is 0 Å². The fourth-order valence-electron chi connectivity index (χ4n) is 2.96. The Bertz CT molecular complexity index is 933. The molecule has 1 aromatic carbocycles. The molecule has 0 radical (unpaired) electrons. The number of esters is 1. The van der Waals surface area contributed by atoms with Crippen LogP contribution in [0.1, 0.15) is 28.9 Å². The SMILES string of the molecule is O=C(OCc1cn2cc(Cl)ccc2n1)c1ccc(OC[C@H]2CCCO2)cc1. The molecule has 0 saturated carbocycles. The Balaban J connectivity index is 1.31. The molecule has 1 aliphatic heterocycles. The molecule has 2 aromatic heterocycles. The Morgan fingerprint density at radius 3 is 2.85 bits per heavy atom. The summed E-state index contributed by atoms with van der Waals surface area (Å²) in [5.74, 6) is 0.301. The topological polar surface area (TPSA) is 62.1 Å². The number of aromatic nitrogens is 2. The van der Waals surface area contributed by atoms with Crippen LogP contribution in [0.4, 0.5) is 0 Å². The van der Waals surface area contributed by atoms with Crippen LogP contribution in [0.15, 0.2) is 48.8 Å². The zero-order valence-electron chi connectivity index (χ0n) is 14.6. The first-order valence-electron chi connectivity index (χ1n) is 8.82. The van der Waals surface area contributed by atoms with E-state index >= 15 is 0 Å². The molecule has 0 spiro atoms. The van der Waals surface area contributed by atoms with Gasteiger partial charge in [0.05, 0.1) is 22.4 Å². The van der Waals surface area contributed by atoms with Crippen molar-refractivity contribution in [2.75, 3.05) is 13.2 Å². The third-order valence-electron chi connectivity index (χ3n) is 4.37. The number of hydrogen-bond donors (Lipinski definition) is 0. The Morgan fingerprint density at radius 1 is 1.22 bits per heavy atom. The average molecular weight is 387 g/mol. The van der Waals surface area contributed by atoms with E-state index in [1.165, 1.54) is 0 Å². The van der Waals surface area contributed by atoms with E-state index in [9.17, 15) is 4.79 Å². The number of imidazole rings is 1. The first-order valence-corrected chi connectivity index (χ1v) is 9.20. The summed E-state index contributed by atoms with van der Waals surface area (Å²) in [6.07, 6.45) is 5.81. The molecule has 1 aliphatic rings. The fraction of sp³-hybridized carbons (Fsp3) is 0.300. The van der Waals surface area contributed by atoms with Crippen LogP contribution in [0.25, 0.3) is 5.65 Å². The molecule has 3 aromatic rings. The number of benzene rings is 1. The van der Waals surface area contributed by atoms with Crippen LogP contribution in [-0.2, 0) is 16.1 Å². The highest BCUT2D eigenvalue weighted by molar-refractivity contribution is 6.30. The van der Waals surface area contributed by atoms with Gasteiger partial charge < -0.3 is 18.6 Å². The number of ether oxygens (including phenoxy) is 3. The Kier molecular flexibility index (Phi) is 5.27. The Hall–Kier alpha value is -2.57. The number of fused-ring (bicyclic) bond motifs is 1. The minimum atomic E-state index is -0.407. The molecule has 1 fully saturated rings. The van der Waals surface area contributed by atoms with Gasteiger partial charge >= 0.3 is 5.97 Å². The molecular formula is C20H19ClN2O4. The molecule has 1 saturated heterocycles. The van der Waals surface area contributed by atoms with Crippen molar-refractivity contribution in [3.8, 4) is 5.75 Å². The number of hydrogen-bond acceptors (Lipinski definition) is 5. The van der Waals surface area contributed by atoms with Crippen molar-refractivity contribution in [3.05, 3.63) is 65.1 Å². The molecule has 0 unspecified atom stereocenters. The first kappa shape index (κ1) is 17.8. The molecule has 4 rings (SSSR count). The summed E-state index contributed by atoms with van der Waals surface area (Å²) in [5.41, 5.74) is 1.87. The van der Waals surface area contributed by atoms with Crippen LogP contribution in [-0.4, -0.2) is 34.7 Å². The summed E-state index contributed by atoms with van der Waals surface area (Å²) in [7, 11) is 0. The predicted molar refractivity (Wildman–Crippen MR) is 100 cm³/mol. The zero-order valence-corrected chi connectivity index (χ0v) is 15.4. The summed E-state index contributed by atoms with van der Waals surface area (Å²) < 4.78 is 18.4. The number of carbonyl (C=O) groups excluding carboxylic acids is 1. The molecule has 27 heavy (non-hydrogen) atoms. The van der Waals surface area contributed by atoms with Gasteiger partial charge in [0.1, 0.15) is 24.6 Å². The number of nitrogens with zero attached hydrogens (tertiary/aromatic N) is 2. The van der Waals surface area contributed by atoms with E-state index in [2.05, 4.69) is 4.98 Å². The maximum Gasteiger partial charge on any atom is 0.338 e. The lowest BCUT2D eigenvalue weighted by Crippen LogP contribution is -2.16. The van der Waals surface area contributed by atoms with Crippen molar-refractivity contribution in [2.45, 2.75) is 25.6 Å². The summed E-state index contributed by atoms with van der Waals surface area (Å²) in [5, 5.41) is 0.616. The third kappa shape index (κ3) is 4.40. The molecule has 3 heterocycles. The van der Waals surface area contributed by atoms with Crippen LogP contribution < -0.4 is 4.74 Å². The Morgan fingerprint density at radius 2 is 2.07 bits per heavy atom. The van der Waals surface area contributed by atoms with E-state index in [4.69, 9.17) is 25.8 Å². The van der Waals surface area contributed by atoms with Gasteiger partial charge in [0.15, 0.2) is 0 Å². The van der Waals surface area contributed by atoms with E-state index in [0.717, 1.165) is 25.1 Å². The van der Waals surface area contributed by atoms with Crippen LogP contribution in [0.2, 0.25) is 5.02 Å². The van der Waals surface area contributed by atoms with Gasteiger partial charge in [0.25, 0.3) is 0 Å². The molecule has 7 heteroatoms. The largest absolute Gasteiger partial charge is 0.491 e. The summed E-state index contributed by atoms with van der Waals surface area (Å²) >= 11 is 5.96. The molecule has 0 aliphatic carbocycles. The minimum absolute atomic E-state index is 0.0927. The highest BCUT2D eigenvalue weighted by atomic mass is 35.5. The van der Waals surface area contributed by atoms with E-state index in [-0.39, 0.29) is 12.7 Å². The maximum absolute atomic E-state index is 12.2. The monoisotopic (exact) mass is 386 g/mol. The highest BCUT2D eigenvalue weighted by Crippen LogP contribution is 2.17. The lowest BCUT2D eigenvalue weighted by Gasteiger charge is -2.11. The quantitative estimate of drug-likeness (QED) is 0.601. The molecule has 1 atom stereocenters. The number of pyridine rings is 1.